The Bertz CT molecular complexity index is 1180. The summed E-state index contributed by atoms with van der Waals surface area (Å²) in [6, 6.07) is 21.6. The maximum Gasteiger partial charge on any atom is 0.233 e. The Morgan fingerprint density at radius 1 is 0.861 bits per heavy atom. The van der Waals surface area contributed by atoms with Gasteiger partial charge in [0, 0.05) is 11.3 Å². The molecule has 3 aromatic rings. The molecule has 190 valence electrons. The lowest BCUT2D eigenvalue weighted by molar-refractivity contribution is -0.131. The van der Waals surface area contributed by atoms with Gasteiger partial charge in [0.05, 0.1) is 18.1 Å². The van der Waals surface area contributed by atoms with Crippen molar-refractivity contribution < 1.29 is 20.1 Å². The van der Waals surface area contributed by atoms with E-state index in [1.54, 1.807) is 29.2 Å². The lowest BCUT2D eigenvalue weighted by Gasteiger charge is -2.48. The molecule has 0 bridgehead atoms. The van der Waals surface area contributed by atoms with E-state index in [4.69, 9.17) is 0 Å². The molecule has 1 aliphatic heterocycles. The summed E-state index contributed by atoms with van der Waals surface area (Å²) in [5.41, 5.74) is 2.94. The van der Waals surface area contributed by atoms with E-state index < -0.39 is 6.10 Å². The quantitative estimate of drug-likeness (QED) is 0.274. The fourth-order valence-electron chi connectivity index (χ4n) is 5.82. The second-order valence-corrected chi connectivity index (χ2v) is 9.94. The fraction of sp³-hybridized carbons (Fsp3) is 0.387. The van der Waals surface area contributed by atoms with E-state index >= 15 is 0 Å². The second-order valence-electron chi connectivity index (χ2n) is 9.94. The molecule has 36 heavy (non-hydrogen) atoms. The van der Waals surface area contributed by atoms with Gasteiger partial charge in [-0.2, -0.15) is 0 Å². The number of amides is 1. The van der Waals surface area contributed by atoms with Crippen LogP contribution in [0, 0.1) is 11.3 Å². The van der Waals surface area contributed by atoms with Gasteiger partial charge < -0.3 is 20.2 Å². The molecule has 0 saturated carbocycles. The van der Waals surface area contributed by atoms with Gasteiger partial charge in [-0.3, -0.25) is 4.79 Å². The number of aromatic hydroxyl groups is 2. The van der Waals surface area contributed by atoms with Crippen LogP contribution in [0.15, 0.2) is 72.8 Å². The number of anilines is 1. The maximum absolute atomic E-state index is 13.4. The zero-order valence-electron chi connectivity index (χ0n) is 21.4. The standard InChI is InChI=1S/C31H37NO4/c1-4-31(5-2,6-3)28(35)18-17-26-29(32(30(26)36)23-12-8-7-9-13-23)25-16-15-22(20-27(25)34)21-11-10-14-24(33)19-21/h7-16,19-20,26,28-29,33-35H,4-6,17-18H2,1-3H3/t26-,28+,29-/m1/s1. The van der Waals surface area contributed by atoms with E-state index in [1.807, 2.05) is 48.5 Å². The first-order valence-electron chi connectivity index (χ1n) is 13.0. The molecule has 0 radical (unpaired) electrons. The minimum atomic E-state index is -0.474. The average molecular weight is 488 g/mol. The third-order valence-corrected chi connectivity index (χ3v) is 8.35. The molecule has 3 N–H and O–H groups in total. The van der Waals surface area contributed by atoms with Crippen LogP contribution in [-0.4, -0.2) is 27.3 Å². The Morgan fingerprint density at radius 3 is 2.14 bits per heavy atom. The number of β-lactam (4-membered cyclic amide) rings is 1. The van der Waals surface area contributed by atoms with Crippen molar-refractivity contribution in [1.82, 2.24) is 0 Å². The van der Waals surface area contributed by atoms with Crippen LogP contribution in [0.3, 0.4) is 0 Å². The Kier molecular flexibility index (Phi) is 7.70. The first kappa shape index (κ1) is 25.8. The first-order valence-corrected chi connectivity index (χ1v) is 13.0. The van der Waals surface area contributed by atoms with E-state index in [0.717, 1.165) is 36.1 Å². The van der Waals surface area contributed by atoms with Crippen LogP contribution in [0.5, 0.6) is 11.5 Å². The van der Waals surface area contributed by atoms with Gasteiger partial charge in [-0.25, -0.2) is 0 Å². The van der Waals surface area contributed by atoms with E-state index in [9.17, 15) is 20.1 Å². The SMILES string of the molecule is CCC(CC)(CC)[C@@H](O)CC[C@H]1C(=O)N(c2ccccc2)[C@@H]1c1ccc(-c2cccc(O)c2)cc1O. The summed E-state index contributed by atoms with van der Waals surface area (Å²) in [4.78, 5) is 15.1. The Balaban J connectivity index is 1.64. The van der Waals surface area contributed by atoms with Crippen molar-refractivity contribution in [1.29, 1.82) is 0 Å². The number of phenolic OH excluding ortho intramolecular Hbond substituents is 2. The molecule has 5 nitrogen and oxygen atoms in total. The second kappa shape index (κ2) is 10.8. The Hall–Kier alpha value is -3.31. The van der Waals surface area contributed by atoms with Gasteiger partial charge in [-0.1, -0.05) is 63.2 Å². The summed E-state index contributed by atoms with van der Waals surface area (Å²) in [5.74, 6) is -0.0210. The van der Waals surface area contributed by atoms with Crippen LogP contribution in [-0.2, 0) is 4.79 Å². The number of hydrogen-bond acceptors (Lipinski definition) is 4. The number of nitrogens with zero attached hydrogens (tertiary/aromatic N) is 1. The summed E-state index contributed by atoms with van der Waals surface area (Å²) in [6.07, 6.45) is 3.33. The molecule has 0 unspecified atom stereocenters. The van der Waals surface area contributed by atoms with Gasteiger partial charge in [-0.05, 0) is 79.0 Å². The van der Waals surface area contributed by atoms with E-state index in [1.165, 1.54) is 0 Å². The van der Waals surface area contributed by atoms with Crippen molar-refractivity contribution in [2.45, 2.75) is 65.0 Å². The lowest BCUT2D eigenvalue weighted by Crippen LogP contribution is -2.55. The molecular weight excluding hydrogens is 450 g/mol. The minimum Gasteiger partial charge on any atom is -0.508 e. The predicted molar refractivity (Wildman–Crippen MR) is 144 cm³/mol. The van der Waals surface area contributed by atoms with Gasteiger partial charge in [-0.15, -0.1) is 0 Å². The highest BCUT2D eigenvalue weighted by atomic mass is 16.3. The number of carbonyl (C=O) groups is 1. The molecule has 0 aromatic heterocycles. The van der Waals surface area contributed by atoms with Crippen molar-refractivity contribution in [2.24, 2.45) is 11.3 Å². The minimum absolute atomic E-state index is 0.0185. The Morgan fingerprint density at radius 2 is 1.53 bits per heavy atom. The van der Waals surface area contributed by atoms with Crippen molar-refractivity contribution in [3.63, 3.8) is 0 Å². The smallest absolute Gasteiger partial charge is 0.233 e. The van der Waals surface area contributed by atoms with Crippen LogP contribution in [0.1, 0.15) is 64.5 Å². The lowest BCUT2D eigenvalue weighted by atomic mass is 9.71. The zero-order chi connectivity index (χ0) is 25.9. The van der Waals surface area contributed by atoms with Crippen LogP contribution in [0.2, 0.25) is 0 Å². The van der Waals surface area contributed by atoms with Crippen molar-refractivity contribution >= 4 is 11.6 Å². The van der Waals surface area contributed by atoms with Crippen molar-refractivity contribution in [3.8, 4) is 22.6 Å². The van der Waals surface area contributed by atoms with Crippen LogP contribution in [0.4, 0.5) is 5.69 Å². The van der Waals surface area contributed by atoms with Gasteiger partial charge in [0.2, 0.25) is 5.91 Å². The number of aliphatic hydroxyl groups excluding tert-OH is 1. The highest BCUT2D eigenvalue weighted by molar-refractivity contribution is 6.03. The molecule has 0 aliphatic carbocycles. The first-order chi connectivity index (χ1) is 17.3. The summed E-state index contributed by atoms with van der Waals surface area (Å²) in [7, 11) is 0. The maximum atomic E-state index is 13.4. The number of benzene rings is 3. The number of carbonyl (C=O) groups excluding carboxylic acids is 1. The molecule has 1 saturated heterocycles. The molecule has 1 fully saturated rings. The third kappa shape index (κ3) is 4.72. The van der Waals surface area contributed by atoms with Crippen LogP contribution < -0.4 is 4.90 Å². The van der Waals surface area contributed by atoms with Gasteiger partial charge >= 0.3 is 0 Å². The molecular formula is C31H37NO4. The van der Waals surface area contributed by atoms with Gasteiger partial charge in [0.1, 0.15) is 11.5 Å². The monoisotopic (exact) mass is 487 g/mol. The normalized spacial score (nSPS) is 18.7. The van der Waals surface area contributed by atoms with Crippen LogP contribution >= 0.6 is 0 Å². The van der Waals surface area contributed by atoms with Gasteiger partial charge in [0.25, 0.3) is 0 Å². The fourth-order valence-corrected chi connectivity index (χ4v) is 5.82. The molecule has 4 rings (SSSR count). The Labute approximate surface area is 214 Å². The molecule has 1 heterocycles. The number of hydrogen-bond donors (Lipinski definition) is 3. The number of phenols is 2. The van der Waals surface area contributed by atoms with Crippen molar-refractivity contribution in [3.05, 3.63) is 78.4 Å². The third-order valence-electron chi connectivity index (χ3n) is 8.35. The molecule has 0 spiro atoms. The summed E-state index contributed by atoms with van der Waals surface area (Å²) >= 11 is 0. The summed E-state index contributed by atoms with van der Waals surface area (Å²) in [6.45, 7) is 6.37. The molecule has 1 amide bonds. The van der Waals surface area contributed by atoms with Crippen LogP contribution in [0.25, 0.3) is 11.1 Å². The number of rotatable bonds is 10. The van der Waals surface area contributed by atoms with Crippen molar-refractivity contribution in [2.75, 3.05) is 4.90 Å². The highest BCUT2D eigenvalue weighted by Crippen LogP contribution is 2.49. The summed E-state index contributed by atoms with van der Waals surface area (Å²) < 4.78 is 0. The average Bonchev–Trinajstić information content (AvgIpc) is 2.89. The predicted octanol–water partition coefficient (Wildman–Crippen LogP) is 6.83. The molecule has 5 heteroatoms. The largest absolute Gasteiger partial charge is 0.508 e. The number of aliphatic hydroxyl groups is 1. The molecule has 1 aliphatic rings. The van der Waals surface area contributed by atoms with E-state index in [0.29, 0.717) is 18.4 Å². The van der Waals surface area contributed by atoms with Gasteiger partial charge in [0.15, 0.2) is 0 Å². The molecule has 3 aromatic carbocycles. The molecule has 3 atom stereocenters. The summed E-state index contributed by atoms with van der Waals surface area (Å²) in [5, 5.41) is 32.0. The van der Waals surface area contributed by atoms with E-state index in [-0.39, 0.29) is 34.8 Å². The topological polar surface area (TPSA) is 81.0 Å². The number of para-hydroxylation sites is 1. The zero-order valence-corrected chi connectivity index (χ0v) is 21.4. The van der Waals surface area contributed by atoms with E-state index in [2.05, 4.69) is 20.8 Å². The highest BCUT2D eigenvalue weighted by Gasteiger charge is 2.50.